The summed E-state index contributed by atoms with van der Waals surface area (Å²) in [5.74, 6) is 1.73. The van der Waals surface area contributed by atoms with Crippen molar-refractivity contribution in [1.29, 1.82) is 0 Å². The van der Waals surface area contributed by atoms with Gasteiger partial charge in [0.15, 0.2) is 0 Å². The quantitative estimate of drug-likeness (QED) is 0.747. The summed E-state index contributed by atoms with van der Waals surface area (Å²) >= 11 is 0. The van der Waals surface area contributed by atoms with Gasteiger partial charge in [0, 0.05) is 11.9 Å². The second-order valence-corrected chi connectivity index (χ2v) is 5.52. The predicted molar refractivity (Wildman–Crippen MR) is 76.7 cm³/mol. The molecule has 1 aliphatic rings. The Labute approximate surface area is 111 Å². The third-order valence-electron chi connectivity index (χ3n) is 4.17. The van der Waals surface area contributed by atoms with Gasteiger partial charge in [0.1, 0.15) is 0 Å². The summed E-state index contributed by atoms with van der Waals surface area (Å²) in [5.41, 5.74) is 2.62. The fourth-order valence-corrected chi connectivity index (χ4v) is 2.69. The van der Waals surface area contributed by atoms with E-state index in [1.807, 2.05) is 6.20 Å². The van der Waals surface area contributed by atoms with E-state index in [9.17, 15) is 0 Å². The van der Waals surface area contributed by atoms with E-state index in [2.05, 4.69) is 36.3 Å². The van der Waals surface area contributed by atoms with Crippen LogP contribution in [0.1, 0.15) is 44.4 Å². The van der Waals surface area contributed by atoms with Crippen LogP contribution in [0.2, 0.25) is 0 Å². The number of hydrogen-bond acceptors (Lipinski definition) is 2. The maximum absolute atomic E-state index is 4.58. The van der Waals surface area contributed by atoms with Crippen LogP contribution < -0.4 is 5.32 Å². The molecule has 0 spiro atoms. The lowest BCUT2D eigenvalue weighted by Gasteiger charge is -2.37. The molecule has 0 aliphatic heterocycles. The summed E-state index contributed by atoms with van der Waals surface area (Å²) < 4.78 is 0. The fourth-order valence-electron chi connectivity index (χ4n) is 2.69. The molecule has 0 saturated heterocycles. The Morgan fingerprint density at radius 2 is 2.06 bits per heavy atom. The number of nitrogens with zero attached hydrogens (tertiary/aromatic N) is 1. The number of nitrogens with one attached hydrogen (secondary N) is 1. The first kappa shape index (κ1) is 13.5. The molecule has 1 N–H and O–H groups in total. The van der Waals surface area contributed by atoms with Crippen LogP contribution in [0.25, 0.3) is 0 Å². The van der Waals surface area contributed by atoms with Gasteiger partial charge >= 0.3 is 0 Å². The van der Waals surface area contributed by atoms with Gasteiger partial charge in [-0.25, -0.2) is 0 Å². The molecule has 18 heavy (non-hydrogen) atoms. The third kappa shape index (κ3) is 3.55. The summed E-state index contributed by atoms with van der Waals surface area (Å²) in [7, 11) is 0. The molecular formula is C16H26N2. The standard InChI is InChI=1S/C16H26N2/c1-3-9-17-12-15-7-6-14(15)10-16-8-5-13(4-2)11-18-16/h5,8,11,14-15,17H,3-4,6-7,9-10,12H2,1-2H3. The van der Waals surface area contributed by atoms with Crippen LogP contribution in [0.5, 0.6) is 0 Å². The van der Waals surface area contributed by atoms with Crippen molar-refractivity contribution in [2.75, 3.05) is 13.1 Å². The smallest absolute Gasteiger partial charge is 0.0406 e. The molecule has 2 unspecified atom stereocenters. The highest BCUT2D eigenvalue weighted by molar-refractivity contribution is 5.14. The molecule has 1 saturated carbocycles. The molecule has 1 aromatic heterocycles. The van der Waals surface area contributed by atoms with E-state index >= 15 is 0 Å². The van der Waals surface area contributed by atoms with Crippen molar-refractivity contribution in [2.24, 2.45) is 11.8 Å². The third-order valence-corrected chi connectivity index (χ3v) is 4.17. The minimum atomic E-state index is 0.856. The Bertz CT molecular complexity index is 345. The molecule has 100 valence electrons. The van der Waals surface area contributed by atoms with E-state index in [1.54, 1.807) is 0 Å². The topological polar surface area (TPSA) is 24.9 Å². The Hall–Kier alpha value is -0.890. The number of rotatable bonds is 7. The van der Waals surface area contributed by atoms with Gasteiger partial charge in [-0.3, -0.25) is 4.98 Å². The molecule has 2 atom stereocenters. The van der Waals surface area contributed by atoms with Crippen LogP contribution in [-0.2, 0) is 12.8 Å². The molecule has 2 heteroatoms. The van der Waals surface area contributed by atoms with E-state index < -0.39 is 0 Å². The maximum atomic E-state index is 4.58. The summed E-state index contributed by atoms with van der Waals surface area (Å²) in [4.78, 5) is 4.58. The number of hydrogen-bond donors (Lipinski definition) is 1. The lowest BCUT2D eigenvalue weighted by Crippen LogP contribution is -2.36. The van der Waals surface area contributed by atoms with E-state index in [-0.39, 0.29) is 0 Å². The molecule has 1 aliphatic carbocycles. The minimum Gasteiger partial charge on any atom is -0.316 e. The highest BCUT2D eigenvalue weighted by atomic mass is 14.9. The van der Waals surface area contributed by atoms with Crippen molar-refractivity contribution < 1.29 is 0 Å². The van der Waals surface area contributed by atoms with Gasteiger partial charge in [-0.15, -0.1) is 0 Å². The monoisotopic (exact) mass is 246 g/mol. The highest BCUT2D eigenvalue weighted by Crippen LogP contribution is 2.35. The molecule has 0 aromatic carbocycles. The number of aromatic nitrogens is 1. The van der Waals surface area contributed by atoms with Crippen molar-refractivity contribution in [3.05, 3.63) is 29.6 Å². The lowest BCUT2D eigenvalue weighted by molar-refractivity contribution is 0.170. The molecule has 0 radical (unpaired) electrons. The first-order valence-electron chi connectivity index (χ1n) is 7.48. The molecule has 1 fully saturated rings. The molecule has 0 amide bonds. The maximum Gasteiger partial charge on any atom is 0.0406 e. The summed E-state index contributed by atoms with van der Waals surface area (Å²) in [6.07, 6.45) is 8.31. The Balaban J connectivity index is 1.78. The van der Waals surface area contributed by atoms with Gasteiger partial charge in [0.05, 0.1) is 0 Å². The SMILES string of the molecule is CCCNCC1CCC1Cc1ccc(CC)cn1. The van der Waals surface area contributed by atoms with E-state index in [0.29, 0.717) is 0 Å². The number of pyridine rings is 1. The average Bonchev–Trinajstić information content (AvgIpc) is 2.40. The zero-order chi connectivity index (χ0) is 12.8. The Kier molecular flexibility index (Phi) is 5.18. The van der Waals surface area contributed by atoms with Gasteiger partial charge in [-0.05, 0) is 68.7 Å². The second kappa shape index (κ2) is 6.89. The first-order chi connectivity index (χ1) is 8.83. The molecule has 1 aromatic rings. The van der Waals surface area contributed by atoms with Crippen LogP contribution in [0.4, 0.5) is 0 Å². The van der Waals surface area contributed by atoms with Gasteiger partial charge in [-0.2, -0.15) is 0 Å². The van der Waals surface area contributed by atoms with Crippen LogP contribution in [0, 0.1) is 11.8 Å². The van der Waals surface area contributed by atoms with Gasteiger partial charge in [0.25, 0.3) is 0 Å². The van der Waals surface area contributed by atoms with Crippen LogP contribution in [-0.4, -0.2) is 18.1 Å². The van der Waals surface area contributed by atoms with Crippen LogP contribution >= 0.6 is 0 Å². The van der Waals surface area contributed by atoms with Crippen molar-refractivity contribution in [2.45, 2.75) is 46.0 Å². The zero-order valence-electron chi connectivity index (χ0n) is 11.8. The largest absolute Gasteiger partial charge is 0.316 e. The summed E-state index contributed by atoms with van der Waals surface area (Å²) in [6, 6.07) is 4.44. The van der Waals surface area contributed by atoms with Crippen LogP contribution in [0.3, 0.4) is 0 Å². The zero-order valence-corrected chi connectivity index (χ0v) is 11.8. The molecule has 1 heterocycles. The van der Waals surface area contributed by atoms with Crippen molar-refractivity contribution >= 4 is 0 Å². The predicted octanol–water partition coefficient (Wildman–Crippen LogP) is 3.21. The highest BCUT2D eigenvalue weighted by Gasteiger charge is 2.30. The van der Waals surface area contributed by atoms with E-state index in [0.717, 1.165) is 24.8 Å². The summed E-state index contributed by atoms with van der Waals surface area (Å²) in [5, 5.41) is 3.55. The van der Waals surface area contributed by atoms with Gasteiger partial charge < -0.3 is 5.32 Å². The van der Waals surface area contributed by atoms with Crippen molar-refractivity contribution in [3.8, 4) is 0 Å². The van der Waals surface area contributed by atoms with Gasteiger partial charge in [-0.1, -0.05) is 19.9 Å². The lowest BCUT2D eigenvalue weighted by atomic mass is 9.71. The van der Waals surface area contributed by atoms with Gasteiger partial charge in [0.2, 0.25) is 0 Å². The average molecular weight is 246 g/mol. The summed E-state index contributed by atoms with van der Waals surface area (Å²) in [6.45, 7) is 6.76. The fraction of sp³-hybridized carbons (Fsp3) is 0.688. The van der Waals surface area contributed by atoms with Crippen molar-refractivity contribution in [1.82, 2.24) is 10.3 Å². The second-order valence-electron chi connectivity index (χ2n) is 5.52. The first-order valence-corrected chi connectivity index (χ1v) is 7.48. The van der Waals surface area contributed by atoms with E-state index in [4.69, 9.17) is 0 Å². The van der Waals surface area contributed by atoms with E-state index in [1.165, 1.54) is 43.5 Å². The molecule has 2 nitrogen and oxygen atoms in total. The Morgan fingerprint density at radius 1 is 1.22 bits per heavy atom. The molecular weight excluding hydrogens is 220 g/mol. The molecule has 0 bridgehead atoms. The minimum absolute atomic E-state index is 0.856. The normalized spacial score (nSPS) is 22.8. The van der Waals surface area contributed by atoms with Crippen LogP contribution in [0.15, 0.2) is 18.3 Å². The molecule has 2 rings (SSSR count). The van der Waals surface area contributed by atoms with Crippen molar-refractivity contribution in [3.63, 3.8) is 0 Å². The Morgan fingerprint density at radius 3 is 2.61 bits per heavy atom. The number of aryl methyl sites for hydroxylation is 1.